The summed E-state index contributed by atoms with van der Waals surface area (Å²) in [5, 5.41) is 24.3. The van der Waals surface area contributed by atoms with Crippen LogP contribution in [-0.2, 0) is 34.6 Å². The number of nitrogens with zero attached hydrogens (tertiary/aromatic N) is 7. The van der Waals surface area contributed by atoms with E-state index in [2.05, 4.69) is 31.2 Å². The summed E-state index contributed by atoms with van der Waals surface area (Å²) in [5.74, 6) is -1.13. The Morgan fingerprint density at radius 1 is 0.922 bits per heavy atom. The van der Waals surface area contributed by atoms with Gasteiger partial charge >= 0.3 is 0 Å². The largest absolute Gasteiger partial charge is 0.384 e. The molecule has 4 aliphatic heterocycles. The van der Waals surface area contributed by atoms with Gasteiger partial charge in [0.05, 0.1) is 22.5 Å². The number of amides is 3. The number of fused-ring (bicyclic) bond motifs is 3. The maximum absolute atomic E-state index is 15.7. The van der Waals surface area contributed by atoms with Crippen LogP contribution >= 0.6 is 0 Å². The third kappa shape index (κ3) is 7.62. The summed E-state index contributed by atoms with van der Waals surface area (Å²) in [6.07, 6.45) is 6.37. The molecular weight excluding hydrogens is 821 g/mol. The standard InChI is InChI=1S/C47H53F2N11O4/c1-3-36-41(49)34-23-52-46(56-43(34)60(36)39-11-5-27-13-16-47(64,4-2)42(27)54-39)53-31-8-6-29(7-9-31)50-17-18-51-30-14-19-57(20-15-30)32-25-58(26-32)38-21-28-24-59(45(63)33(28)22-35(38)48)37-10-12-40(61)55-44(37)62/h5-9,11,21-23,30,32,37,50-51,64H,3-4,10,12-20,24-26H2,1-2H3,(H,52,53,56)(H,55,61,62)/t37?,47-/m1/s1. The lowest BCUT2D eigenvalue weighted by Crippen LogP contribution is -2.62. The molecular formula is C47H53F2N11O4. The second-order valence-electron chi connectivity index (χ2n) is 17.8. The highest BCUT2D eigenvalue weighted by Crippen LogP contribution is 2.40. The van der Waals surface area contributed by atoms with E-state index in [4.69, 9.17) is 9.97 Å². The Labute approximate surface area is 369 Å². The molecule has 17 heteroatoms. The molecule has 0 radical (unpaired) electrons. The predicted molar refractivity (Wildman–Crippen MR) is 238 cm³/mol. The molecule has 334 valence electrons. The highest BCUT2D eigenvalue weighted by molar-refractivity contribution is 6.05. The second-order valence-corrected chi connectivity index (χ2v) is 17.8. The smallest absolute Gasteiger partial charge is 0.255 e. The molecule has 64 heavy (non-hydrogen) atoms. The monoisotopic (exact) mass is 873 g/mol. The van der Waals surface area contributed by atoms with Gasteiger partial charge in [-0.25, -0.2) is 18.7 Å². The zero-order chi connectivity index (χ0) is 44.3. The molecule has 1 aliphatic carbocycles. The van der Waals surface area contributed by atoms with Gasteiger partial charge in [0.2, 0.25) is 17.8 Å². The molecule has 5 aliphatic rings. The van der Waals surface area contributed by atoms with E-state index in [0.717, 1.165) is 62.4 Å². The lowest BCUT2D eigenvalue weighted by Gasteiger charge is -2.48. The summed E-state index contributed by atoms with van der Waals surface area (Å²) < 4.78 is 32.8. The van der Waals surface area contributed by atoms with E-state index >= 15 is 8.78 Å². The molecule has 3 saturated heterocycles. The van der Waals surface area contributed by atoms with Crippen molar-refractivity contribution in [2.24, 2.45) is 0 Å². The van der Waals surface area contributed by atoms with Crippen LogP contribution in [0, 0.1) is 11.6 Å². The fourth-order valence-electron chi connectivity index (χ4n) is 10.2. The number of benzene rings is 2. The lowest BCUT2D eigenvalue weighted by atomic mass is 9.98. The van der Waals surface area contributed by atoms with E-state index in [1.54, 1.807) is 10.6 Å². The first-order valence-electron chi connectivity index (χ1n) is 22.6. The molecule has 2 aromatic carbocycles. The van der Waals surface area contributed by atoms with E-state index in [1.165, 1.54) is 17.2 Å². The SMILES string of the molecule is CCc1c(F)c2cnc(Nc3ccc(NCCNC4CCN(C5CN(c6cc7c(cc6F)C(=O)N(C6CCC(=O)NC6=O)C7)C5)CC4)cc3)nc2n1-c1ccc2c(n1)[C@@](O)(CC)CC2. The number of pyridine rings is 1. The van der Waals surface area contributed by atoms with Crippen molar-refractivity contribution in [1.82, 2.24) is 40.0 Å². The first-order valence-corrected chi connectivity index (χ1v) is 22.6. The number of hydrogen-bond acceptors (Lipinski definition) is 12. The van der Waals surface area contributed by atoms with Crippen LogP contribution in [0.5, 0.6) is 0 Å². The van der Waals surface area contributed by atoms with Crippen molar-refractivity contribution in [1.29, 1.82) is 0 Å². The fourth-order valence-corrected chi connectivity index (χ4v) is 10.2. The number of rotatable bonds is 13. The van der Waals surface area contributed by atoms with Crippen LogP contribution in [0.3, 0.4) is 0 Å². The van der Waals surface area contributed by atoms with E-state index in [9.17, 15) is 19.5 Å². The highest BCUT2D eigenvalue weighted by Gasteiger charge is 2.42. The highest BCUT2D eigenvalue weighted by atomic mass is 19.1. The number of aliphatic hydroxyl groups is 1. The van der Waals surface area contributed by atoms with Crippen molar-refractivity contribution < 1.29 is 28.3 Å². The molecule has 15 nitrogen and oxygen atoms in total. The third-order valence-electron chi connectivity index (χ3n) is 14.0. The molecule has 3 amide bonds. The minimum Gasteiger partial charge on any atom is -0.384 e. The van der Waals surface area contributed by atoms with Gasteiger partial charge in [-0.05, 0) is 98.5 Å². The number of carbonyl (C=O) groups excluding carboxylic acids is 3. The Morgan fingerprint density at radius 3 is 2.45 bits per heavy atom. The zero-order valence-corrected chi connectivity index (χ0v) is 36.1. The van der Waals surface area contributed by atoms with Gasteiger partial charge < -0.3 is 30.9 Å². The van der Waals surface area contributed by atoms with E-state index < -0.39 is 23.4 Å². The molecule has 3 fully saturated rings. The Kier molecular flexibility index (Phi) is 11.0. The maximum Gasteiger partial charge on any atom is 0.255 e. The van der Waals surface area contributed by atoms with Crippen molar-refractivity contribution in [2.75, 3.05) is 54.8 Å². The minimum atomic E-state index is -0.989. The predicted octanol–water partition coefficient (Wildman–Crippen LogP) is 5.06. The molecule has 2 atom stereocenters. The Hall–Kier alpha value is -6.04. The second kappa shape index (κ2) is 16.8. The number of piperidine rings is 2. The van der Waals surface area contributed by atoms with E-state index in [-0.39, 0.29) is 42.6 Å². The normalized spacial score (nSPS) is 21.6. The molecule has 0 bridgehead atoms. The molecule has 0 saturated carbocycles. The van der Waals surface area contributed by atoms with Crippen molar-refractivity contribution in [3.8, 4) is 5.82 Å². The molecule has 10 rings (SSSR count). The minimum absolute atomic E-state index is 0.175. The van der Waals surface area contributed by atoms with Crippen molar-refractivity contribution >= 4 is 51.8 Å². The fraction of sp³-hybridized carbons (Fsp3) is 0.447. The number of likely N-dealkylation sites (tertiary alicyclic amines) is 1. The quantitative estimate of drug-likeness (QED) is 0.0789. The number of halogens is 2. The van der Waals surface area contributed by atoms with Gasteiger partial charge in [0.25, 0.3) is 5.91 Å². The summed E-state index contributed by atoms with van der Waals surface area (Å²) in [5.41, 5.74) is 4.80. The first-order chi connectivity index (χ1) is 31.0. The van der Waals surface area contributed by atoms with Gasteiger partial charge in [-0.1, -0.05) is 19.9 Å². The molecule has 5 N–H and O–H groups in total. The number of hydrogen-bond donors (Lipinski definition) is 5. The average molecular weight is 874 g/mol. The van der Waals surface area contributed by atoms with Gasteiger partial charge in [-0.15, -0.1) is 0 Å². The Balaban J connectivity index is 0.679. The molecule has 5 aromatic rings. The Morgan fingerprint density at radius 2 is 1.70 bits per heavy atom. The first kappa shape index (κ1) is 41.9. The van der Waals surface area contributed by atoms with E-state index in [1.807, 2.05) is 55.1 Å². The molecule has 0 spiro atoms. The number of anilines is 4. The van der Waals surface area contributed by atoms with E-state index in [0.29, 0.717) is 89.9 Å². The van der Waals surface area contributed by atoms with Gasteiger partial charge in [-0.3, -0.25) is 29.2 Å². The van der Waals surface area contributed by atoms with Crippen molar-refractivity contribution in [2.45, 2.75) is 95.5 Å². The van der Waals surface area contributed by atoms with Crippen molar-refractivity contribution in [3.05, 3.63) is 94.4 Å². The lowest BCUT2D eigenvalue weighted by molar-refractivity contribution is -0.136. The van der Waals surface area contributed by atoms with Crippen LogP contribution < -0.4 is 26.2 Å². The number of aromatic nitrogens is 4. The van der Waals surface area contributed by atoms with Crippen LogP contribution in [0.1, 0.15) is 85.2 Å². The zero-order valence-electron chi connectivity index (χ0n) is 36.1. The van der Waals surface area contributed by atoms with Gasteiger partial charge in [0, 0.05) is 87.5 Å². The molecule has 1 unspecified atom stereocenters. The summed E-state index contributed by atoms with van der Waals surface area (Å²) in [7, 11) is 0. The van der Waals surface area contributed by atoms with Crippen LogP contribution in [0.2, 0.25) is 0 Å². The number of imide groups is 1. The van der Waals surface area contributed by atoms with Gasteiger partial charge in [0.15, 0.2) is 11.5 Å². The van der Waals surface area contributed by atoms with Crippen molar-refractivity contribution in [3.63, 3.8) is 0 Å². The van der Waals surface area contributed by atoms with Crippen LogP contribution in [0.25, 0.3) is 16.9 Å². The summed E-state index contributed by atoms with van der Waals surface area (Å²) in [6.45, 7) is 8.99. The number of nitrogens with one attached hydrogen (secondary N) is 4. The summed E-state index contributed by atoms with van der Waals surface area (Å²) >= 11 is 0. The maximum atomic E-state index is 15.7. The van der Waals surface area contributed by atoms with Crippen LogP contribution in [0.4, 0.5) is 31.8 Å². The van der Waals surface area contributed by atoms with Crippen LogP contribution in [-0.4, -0.2) is 110 Å². The summed E-state index contributed by atoms with van der Waals surface area (Å²) in [6, 6.07) is 14.8. The molecule has 3 aromatic heterocycles. The Bertz CT molecular complexity index is 2640. The molecule has 7 heterocycles. The third-order valence-corrected chi connectivity index (χ3v) is 14.0. The average Bonchev–Trinajstić information content (AvgIpc) is 3.89. The topological polar surface area (TPSA) is 173 Å². The van der Waals surface area contributed by atoms with Crippen LogP contribution in [0.15, 0.2) is 54.7 Å². The number of aryl methyl sites for hydroxylation is 1. The van der Waals surface area contributed by atoms with Gasteiger partial charge in [-0.2, -0.15) is 4.98 Å². The van der Waals surface area contributed by atoms with Gasteiger partial charge in [0.1, 0.15) is 23.3 Å². The number of carbonyl (C=O) groups is 3. The summed E-state index contributed by atoms with van der Waals surface area (Å²) in [4.78, 5) is 57.2.